The second-order valence-corrected chi connectivity index (χ2v) is 11.5. The molecule has 4 rings (SSSR count). The summed E-state index contributed by atoms with van der Waals surface area (Å²) in [5.41, 5.74) is 5.00. The summed E-state index contributed by atoms with van der Waals surface area (Å²) < 4.78 is 34.8. The van der Waals surface area contributed by atoms with E-state index in [9.17, 15) is 13.2 Å². The molecule has 202 valence electrons. The van der Waals surface area contributed by atoms with Crippen LogP contribution >= 0.6 is 0 Å². The standard InChI is InChI=1S/C31H33N3O4S/c1-22(2)21-38-30-18-15-25(27-11-7-8-12-28(27)30)20-32-33-31(35)19-29(24-9-5-4-6-10-24)34-39(36,37)26-16-13-23(3)14-17-26/h4-18,20,22,29,34H,19,21H2,1-3H3,(H,33,35)/b32-20-/t29-/m1/s1. The minimum Gasteiger partial charge on any atom is -0.493 e. The fourth-order valence-corrected chi connectivity index (χ4v) is 5.30. The largest absolute Gasteiger partial charge is 0.493 e. The Morgan fingerprint density at radius 1 is 0.897 bits per heavy atom. The molecule has 4 aromatic carbocycles. The van der Waals surface area contributed by atoms with Crippen molar-refractivity contribution in [1.29, 1.82) is 0 Å². The fraction of sp³-hybridized carbons (Fsp3) is 0.226. The van der Waals surface area contributed by atoms with E-state index in [0.717, 1.165) is 27.6 Å². The molecule has 0 saturated heterocycles. The molecule has 39 heavy (non-hydrogen) atoms. The van der Waals surface area contributed by atoms with Crippen LogP contribution in [0.25, 0.3) is 10.8 Å². The van der Waals surface area contributed by atoms with Crippen molar-refractivity contribution >= 4 is 32.9 Å². The van der Waals surface area contributed by atoms with Crippen LogP contribution in [0.5, 0.6) is 5.75 Å². The molecule has 0 spiro atoms. The molecule has 0 saturated carbocycles. The van der Waals surface area contributed by atoms with Crippen LogP contribution < -0.4 is 14.9 Å². The number of hydrogen-bond acceptors (Lipinski definition) is 5. The zero-order chi connectivity index (χ0) is 27.8. The number of rotatable bonds is 11. The van der Waals surface area contributed by atoms with E-state index in [1.165, 1.54) is 0 Å². The van der Waals surface area contributed by atoms with Gasteiger partial charge in [-0.3, -0.25) is 4.79 Å². The topological polar surface area (TPSA) is 96.9 Å². The van der Waals surface area contributed by atoms with Crippen molar-refractivity contribution in [3.63, 3.8) is 0 Å². The minimum absolute atomic E-state index is 0.130. The number of amides is 1. The molecule has 0 aromatic heterocycles. The molecular weight excluding hydrogens is 510 g/mol. The van der Waals surface area contributed by atoms with Gasteiger partial charge in [0.15, 0.2) is 0 Å². The molecule has 8 heteroatoms. The second kappa shape index (κ2) is 12.7. The second-order valence-electron chi connectivity index (χ2n) is 9.80. The minimum atomic E-state index is -3.85. The first kappa shape index (κ1) is 28.0. The van der Waals surface area contributed by atoms with Gasteiger partial charge >= 0.3 is 0 Å². The van der Waals surface area contributed by atoms with Crippen molar-refractivity contribution in [2.24, 2.45) is 11.0 Å². The maximum absolute atomic E-state index is 13.1. The number of hydrazone groups is 1. The first-order chi connectivity index (χ1) is 18.7. The van der Waals surface area contributed by atoms with Crippen LogP contribution in [-0.4, -0.2) is 27.1 Å². The highest BCUT2D eigenvalue weighted by Gasteiger charge is 2.23. The third-order valence-corrected chi connectivity index (χ3v) is 7.59. The third kappa shape index (κ3) is 7.52. The highest BCUT2D eigenvalue weighted by atomic mass is 32.2. The van der Waals surface area contributed by atoms with Gasteiger partial charge in [-0.25, -0.2) is 18.6 Å². The summed E-state index contributed by atoms with van der Waals surface area (Å²) in [4.78, 5) is 13.0. The number of aryl methyl sites for hydroxylation is 1. The third-order valence-electron chi connectivity index (χ3n) is 6.10. The smallest absolute Gasteiger partial charge is 0.242 e. The Morgan fingerprint density at radius 2 is 1.56 bits per heavy atom. The fourth-order valence-electron chi connectivity index (χ4n) is 4.08. The van der Waals surface area contributed by atoms with Gasteiger partial charge in [0, 0.05) is 17.4 Å². The van der Waals surface area contributed by atoms with Gasteiger partial charge in [0.05, 0.1) is 23.8 Å². The predicted octanol–water partition coefficient (Wildman–Crippen LogP) is 5.74. The highest BCUT2D eigenvalue weighted by Crippen LogP contribution is 2.28. The molecule has 0 unspecified atom stereocenters. The molecule has 0 radical (unpaired) electrons. The van der Waals surface area contributed by atoms with E-state index in [4.69, 9.17) is 4.74 Å². The predicted molar refractivity (Wildman–Crippen MR) is 155 cm³/mol. The summed E-state index contributed by atoms with van der Waals surface area (Å²) in [6.07, 6.45) is 1.45. The number of nitrogens with zero attached hydrogens (tertiary/aromatic N) is 1. The molecule has 0 heterocycles. The van der Waals surface area contributed by atoms with Crippen molar-refractivity contribution < 1.29 is 17.9 Å². The van der Waals surface area contributed by atoms with Crippen molar-refractivity contribution in [3.05, 3.63) is 108 Å². The summed E-state index contributed by atoms with van der Waals surface area (Å²) in [7, 11) is -3.85. The SMILES string of the molecule is Cc1ccc(S(=O)(=O)N[C@H](CC(=O)N/N=C\c2ccc(OCC(C)C)c3ccccc23)c2ccccc2)cc1. The van der Waals surface area contributed by atoms with Gasteiger partial charge < -0.3 is 4.74 Å². The number of ether oxygens (including phenoxy) is 1. The Bertz CT molecular complexity index is 1550. The van der Waals surface area contributed by atoms with Gasteiger partial charge in [0.25, 0.3) is 0 Å². The maximum atomic E-state index is 13.1. The summed E-state index contributed by atoms with van der Waals surface area (Å²) in [5.74, 6) is 0.779. The number of carbonyl (C=O) groups is 1. The van der Waals surface area contributed by atoms with Crippen LogP contribution in [0.15, 0.2) is 101 Å². The lowest BCUT2D eigenvalue weighted by Gasteiger charge is -2.18. The molecule has 2 N–H and O–H groups in total. The van der Waals surface area contributed by atoms with E-state index < -0.39 is 22.0 Å². The number of fused-ring (bicyclic) bond motifs is 1. The van der Waals surface area contributed by atoms with Crippen LogP contribution in [-0.2, 0) is 14.8 Å². The average Bonchev–Trinajstić information content (AvgIpc) is 2.92. The van der Waals surface area contributed by atoms with Crippen LogP contribution in [0.2, 0.25) is 0 Å². The molecule has 7 nitrogen and oxygen atoms in total. The Kier molecular flexibility index (Phi) is 9.11. The van der Waals surface area contributed by atoms with E-state index in [1.54, 1.807) is 54.7 Å². The van der Waals surface area contributed by atoms with Gasteiger partial charge in [-0.05, 0) is 48.1 Å². The molecule has 0 aliphatic heterocycles. The van der Waals surface area contributed by atoms with E-state index in [-0.39, 0.29) is 11.3 Å². The van der Waals surface area contributed by atoms with Gasteiger partial charge in [-0.15, -0.1) is 0 Å². The van der Waals surface area contributed by atoms with E-state index in [0.29, 0.717) is 18.1 Å². The zero-order valence-electron chi connectivity index (χ0n) is 22.3. The number of carbonyl (C=O) groups excluding carboxylic acids is 1. The molecule has 1 atom stereocenters. The van der Waals surface area contributed by atoms with E-state index >= 15 is 0 Å². The molecule has 0 aliphatic rings. The van der Waals surface area contributed by atoms with Gasteiger partial charge in [0.2, 0.25) is 15.9 Å². The summed E-state index contributed by atoms with van der Waals surface area (Å²) in [6, 6.07) is 26.5. The molecule has 0 aliphatic carbocycles. The average molecular weight is 544 g/mol. The number of benzene rings is 4. The molecule has 4 aromatic rings. The number of hydrogen-bond donors (Lipinski definition) is 2. The Morgan fingerprint density at radius 3 is 2.26 bits per heavy atom. The lowest BCUT2D eigenvalue weighted by atomic mass is 10.0. The van der Waals surface area contributed by atoms with Crippen molar-refractivity contribution in [1.82, 2.24) is 10.1 Å². The molecule has 1 amide bonds. The summed E-state index contributed by atoms with van der Waals surface area (Å²) >= 11 is 0. The quantitative estimate of drug-likeness (QED) is 0.186. The van der Waals surface area contributed by atoms with Crippen LogP contribution in [0, 0.1) is 12.8 Å². The molecule has 0 fully saturated rings. The van der Waals surface area contributed by atoms with Crippen molar-refractivity contribution in [2.45, 2.75) is 38.1 Å². The summed E-state index contributed by atoms with van der Waals surface area (Å²) in [6.45, 7) is 6.70. The van der Waals surface area contributed by atoms with Gasteiger partial charge in [0.1, 0.15) is 5.75 Å². The van der Waals surface area contributed by atoms with Crippen LogP contribution in [0.4, 0.5) is 0 Å². The molecule has 0 bridgehead atoms. The van der Waals surface area contributed by atoms with Crippen molar-refractivity contribution in [3.8, 4) is 5.75 Å². The Balaban J connectivity index is 1.49. The Hall–Kier alpha value is -4.01. The van der Waals surface area contributed by atoms with Gasteiger partial charge in [-0.2, -0.15) is 5.10 Å². The number of nitrogens with one attached hydrogen (secondary N) is 2. The van der Waals surface area contributed by atoms with E-state index in [2.05, 4.69) is 29.1 Å². The normalized spacial score (nSPS) is 12.6. The Labute approximate surface area is 230 Å². The monoisotopic (exact) mass is 543 g/mol. The number of sulfonamides is 1. The lowest BCUT2D eigenvalue weighted by molar-refractivity contribution is -0.121. The van der Waals surface area contributed by atoms with Gasteiger partial charge in [-0.1, -0.05) is 86.1 Å². The maximum Gasteiger partial charge on any atom is 0.242 e. The highest BCUT2D eigenvalue weighted by molar-refractivity contribution is 7.89. The summed E-state index contributed by atoms with van der Waals surface area (Å²) in [5, 5.41) is 6.07. The van der Waals surface area contributed by atoms with E-state index in [1.807, 2.05) is 49.4 Å². The van der Waals surface area contributed by atoms with Crippen molar-refractivity contribution in [2.75, 3.05) is 6.61 Å². The lowest BCUT2D eigenvalue weighted by Crippen LogP contribution is -2.32. The first-order valence-electron chi connectivity index (χ1n) is 12.8. The zero-order valence-corrected chi connectivity index (χ0v) is 23.1. The molecular formula is C31H33N3O4S. The first-order valence-corrected chi connectivity index (χ1v) is 14.3. The van der Waals surface area contributed by atoms with Crippen LogP contribution in [0.1, 0.15) is 43.0 Å². The van der Waals surface area contributed by atoms with Crippen LogP contribution in [0.3, 0.4) is 0 Å².